The molecule has 0 aliphatic heterocycles. The zero-order valence-corrected chi connectivity index (χ0v) is 10.8. The van der Waals surface area contributed by atoms with Crippen LogP contribution >= 0.6 is 11.8 Å². The lowest BCUT2D eigenvalue weighted by atomic mass is 10.1. The van der Waals surface area contributed by atoms with E-state index in [1.807, 2.05) is 42.5 Å². The number of benzene rings is 2. The van der Waals surface area contributed by atoms with Crippen LogP contribution in [0, 0.1) is 0 Å². The predicted molar refractivity (Wildman–Crippen MR) is 75.0 cm³/mol. The van der Waals surface area contributed by atoms with E-state index in [9.17, 15) is 10.2 Å². The number of hydrogen-bond donors (Lipinski definition) is 2. The number of aromatic hydroxyl groups is 1. The Morgan fingerprint density at radius 2 is 1.61 bits per heavy atom. The van der Waals surface area contributed by atoms with Crippen molar-refractivity contribution in [3.63, 3.8) is 0 Å². The molecule has 0 saturated heterocycles. The number of aliphatic hydroxyl groups is 1. The maximum atomic E-state index is 9.95. The van der Waals surface area contributed by atoms with Crippen LogP contribution in [0.15, 0.2) is 59.5 Å². The number of phenolic OH excluding ortho intramolecular Hbond substituents is 1. The molecular formula is C15H16O2S. The van der Waals surface area contributed by atoms with Crippen LogP contribution < -0.4 is 0 Å². The topological polar surface area (TPSA) is 40.5 Å². The molecule has 0 heterocycles. The summed E-state index contributed by atoms with van der Waals surface area (Å²) in [4.78, 5) is 1.17. The quantitative estimate of drug-likeness (QED) is 0.812. The number of thioether (sulfide) groups is 1. The third-order valence-electron chi connectivity index (χ3n) is 2.59. The first kappa shape index (κ1) is 13.0. The predicted octanol–water partition coefficient (Wildman–Crippen LogP) is 3.09. The van der Waals surface area contributed by atoms with E-state index in [0.29, 0.717) is 12.2 Å². The van der Waals surface area contributed by atoms with E-state index in [-0.39, 0.29) is 11.9 Å². The summed E-state index contributed by atoms with van der Waals surface area (Å²) in [5.74, 6) is 0.928. The lowest BCUT2D eigenvalue weighted by Gasteiger charge is -2.10. The molecule has 0 amide bonds. The number of rotatable bonds is 5. The van der Waals surface area contributed by atoms with Crippen LogP contribution in [0.3, 0.4) is 0 Å². The highest BCUT2D eigenvalue weighted by atomic mass is 32.2. The zero-order valence-electron chi connectivity index (χ0n) is 9.99. The first-order valence-electron chi connectivity index (χ1n) is 5.88. The molecule has 94 valence electrons. The van der Waals surface area contributed by atoms with Crippen LogP contribution in [-0.2, 0) is 6.42 Å². The van der Waals surface area contributed by atoms with Crippen molar-refractivity contribution >= 4 is 11.8 Å². The minimum atomic E-state index is -0.375. The van der Waals surface area contributed by atoms with Crippen LogP contribution in [0.5, 0.6) is 5.75 Å². The first-order valence-corrected chi connectivity index (χ1v) is 6.86. The molecule has 2 rings (SSSR count). The Morgan fingerprint density at radius 3 is 2.28 bits per heavy atom. The maximum absolute atomic E-state index is 9.95. The molecule has 3 heteroatoms. The van der Waals surface area contributed by atoms with Crippen molar-refractivity contribution in [1.82, 2.24) is 0 Å². The summed E-state index contributed by atoms with van der Waals surface area (Å²) in [6, 6.07) is 17.0. The zero-order chi connectivity index (χ0) is 12.8. The van der Waals surface area contributed by atoms with Crippen LogP contribution in [-0.4, -0.2) is 22.1 Å². The fourth-order valence-electron chi connectivity index (χ4n) is 1.67. The van der Waals surface area contributed by atoms with Crippen molar-refractivity contribution in [2.45, 2.75) is 17.4 Å². The second-order valence-electron chi connectivity index (χ2n) is 4.15. The molecule has 0 aliphatic carbocycles. The normalized spacial score (nSPS) is 12.3. The van der Waals surface area contributed by atoms with Gasteiger partial charge in [-0.25, -0.2) is 0 Å². The lowest BCUT2D eigenvalue weighted by Crippen LogP contribution is -2.13. The Morgan fingerprint density at radius 1 is 0.944 bits per heavy atom. The van der Waals surface area contributed by atoms with Gasteiger partial charge in [0.15, 0.2) is 0 Å². The van der Waals surface area contributed by atoms with Crippen molar-refractivity contribution in [2.24, 2.45) is 0 Å². The van der Waals surface area contributed by atoms with E-state index in [1.165, 1.54) is 4.90 Å². The summed E-state index contributed by atoms with van der Waals surface area (Å²) in [6.45, 7) is 0. The summed E-state index contributed by atoms with van der Waals surface area (Å²) in [5, 5.41) is 19.1. The Balaban J connectivity index is 1.82. The number of aliphatic hydroxyl groups excluding tert-OH is 1. The van der Waals surface area contributed by atoms with Crippen molar-refractivity contribution in [2.75, 3.05) is 5.75 Å². The Kier molecular flexibility index (Phi) is 4.67. The smallest absolute Gasteiger partial charge is 0.115 e. The molecule has 18 heavy (non-hydrogen) atoms. The molecule has 0 saturated carbocycles. The van der Waals surface area contributed by atoms with Gasteiger partial charge in [-0.2, -0.15) is 0 Å². The van der Waals surface area contributed by atoms with Gasteiger partial charge in [0.1, 0.15) is 5.75 Å². The summed E-state index contributed by atoms with van der Waals surface area (Å²) < 4.78 is 0. The van der Waals surface area contributed by atoms with E-state index >= 15 is 0 Å². The van der Waals surface area contributed by atoms with E-state index in [2.05, 4.69) is 0 Å². The van der Waals surface area contributed by atoms with Gasteiger partial charge in [-0.15, -0.1) is 11.8 Å². The molecule has 0 aromatic heterocycles. The van der Waals surface area contributed by atoms with E-state index in [0.717, 1.165) is 5.56 Å². The van der Waals surface area contributed by atoms with Gasteiger partial charge in [-0.3, -0.25) is 0 Å². The van der Waals surface area contributed by atoms with Gasteiger partial charge in [-0.1, -0.05) is 30.3 Å². The van der Waals surface area contributed by atoms with Crippen molar-refractivity contribution in [1.29, 1.82) is 0 Å². The molecule has 2 nitrogen and oxygen atoms in total. The number of phenols is 1. The Labute approximate surface area is 111 Å². The fourth-order valence-corrected chi connectivity index (χ4v) is 2.52. The largest absolute Gasteiger partial charge is 0.508 e. The number of hydrogen-bond acceptors (Lipinski definition) is 3. The molecular weight excluding hydrogens is 244 g/mol. The minimum absolute atomic E-state index is 0.256. The molecule has 1 unspecified atom stereocenters. The SMILES string of the molecule is Oc1ccc(CC(O)CSc2ccccc2)cc1. The van der Waals surface area contributed by atoms with Crippen LogP contribution in [0.4, 0.5) is 0 Å². The highest BCUT2D eigenvalue weighted by Gasteiger charge is 2.06. The molecule has 1 atom stereocenters. The Hall–Kier alpha value is -1.45. The highest BCUT2D eigenvalue weighted by Crippen LogP contribution is 2.19. The maximum Gasteiger partial charge on any atom is 0.115 e. The molecule has 2 N–H and O–H groups in total. The third kappa shape index (κ3) is 4.09. The molecule has 0 spiro atoms. The monoisotopic (exact) mass is 260 g/mol. The summed E-state index contributed by atoms with van der Waals surface area (Å²) in [7, 11) is 0. The fraction of sp³-hybridized carbons (Fsp3) is 0.200. The van der Waals surface area contributed by atoms with Gasteiger partial charge in [0.25, 0.3) is 0 Å². The first-order chi connectivity index (χ1) is 8.74. The molecule has 0 radical (unpaired) electrons. The summed E-state index contributed by atoms with van der Waals surface area (Å²) in [6.07, 6.45) is 0.236. The lowest BCUT2D eigenvalue weighted by molar-refractivity contribution is 0.200. The van der Waals surface area contributed by atoms with E-state index in [1.54, 1.807) is 23.9 Å². The molecule has 0 bridgehead atoms. The van der Waals surface area contributed by atoms with E-state index in [4.69, 9.17) is 0 Å². The van der Waals surface area contributed by atoms with Crippen molar-refractivity contribution in [3.05, 3.63) is 60.2 Å². The molecule has 0 fully saturated rings. The minimum Gasteiger partial charge on any atom is -0.508 e. The summed E-state index contributed by atoms with van der Waals surface area (Å²) in [5.41, 5.74) is 1.04. The average Bonchev–Trinajstić information content (AvgIpc) is 2.40. The Bertz CT molecular complexity index is 468. The average molecular weight is 260 g/mol. The van der Waals surface area contributed by atoms with Gasteiger partial charge in [-0.05, 0) is 36.2 Å². The molecule has 2 aromatic carbocycles. The van der Waals surface area contributed by atoms with Crippen molar-refractivity contribution in [3.8, 4) is 5.75 Å². The summed E-state index contributed by atoms with van der Waals surface area (Å²) >= 11 is 1.65. The van der Waals surface area contributed by atoms with Crippen LogP contribution in [0.25, 0.3) is 0 Å². The van der Waals surface area contributed by atoms with Gasteiger partial charge in [0.05, 0.1) is 6.10 Å². The van der Waals surface area contributed by atoms with Gasteiger partial charge in [0.2, 0.25) is 0 Å². The molecule has 2 aromatic rings. The van der Waals surface area contributed by atoms with Crippen LogP contribution in [0.1, 0.15) is 5.56 Å². The van der Waals surface area contributed by atoms with Crippen molar-refractivity contribution < 1.29 is 10.2 Å². The van der Waals surface area contributed by atoms with Gasteiger partial charge >= 0.3 is 0 Å². The van der Waals surface area contributed by atoms with E-state index < -0.39 is 0 Å². The standard InChI is InChI=1S/C15H16O2S/c16-13-8-6-12(7-9-13)10-14(17)11-18-15-4-2-1-3-5-15/h1-9,14,16-17H,10-11H2. The van der Waals surface area contributed by atoms with Gasteiger partial charge in [0, 0.05) is 10.6 Å². The van der Waals surface area contributed by atoms with Gasteiger partial charge < -0.3 is 10.2 Å². The van der Waals surface area contributed by atoms with Crippen LogP contribution in [0.2, 0.25) is 0 Å². The third-order valence-corrected chi connectivity index (χ3v) is 3.75. The second-order valence-corrected chi connectivity index (χ2v) is 5.24. The second kappa shape index (κ2) is 6.47. The highest BCUT2D eigenvalue weighted by molar-refractivity contribution is 7.99. The molecule has 0 aliphatic rings.